The molecule has 0 aliphatic heterocycles. The SMILES string of the molecule is CCCN(CCC)Cc1cc2cncc([N+](=O)[O-])c2[nH]1. The molecule has 2 rings (SSSR count). The van der Waals surface area contributed by atoms with Gasteiger partial charge in [-0.2, -0.15) is 0 Å². The van der Waals surface area contributed by atoms with Crippen LogP contribution in [-0.4, -0.2) is 32.9 Å². The van der Waals surface area contributed by atoms with Crippen LogP contribution in [-0.2, 0) is 6.54 Å². The van der Waals surface area contributed by atoms with Gasteiger partial charge in [-0.3, -0.25) is 20.0 Å². The van der Waals surface area contributed by atoms with Crippen molar-refractivity contribution >= 4 is 16.6 Å². The lowest BCUT2D eigenvalue weighted by atomic mass is 10.3. The maximum atomic E-state index is 11.0. The monoisotopic (exact) mass is 276 g/mol. The molecule has 0 saturated heterocycles. The van der Waals surface area contributed by atoms with Crippen LogP contribution in [0.3, 0.4) is 0 Å². The Kier molecular flexibility index (Phi) is 4.68. The second kappa shape index (κ2) is 6.47. The van der Waals surface area contributed by atoms with Crippen molar-refractivity contribution < 1.29 is 4.92 Å². The molecule has 1 N–H and O–H groups in total. The van der Waals surface area contributed by atoms with Crippen molar-refractivity contribution in [1.82, 2.24) is 14.9 Å². The molecule has 2 aromatic heterocycles. The van der Waals surface area contributed by atoms with E-state index in [1.54, 1.807) is 6.20 Å². The zero-order valence-corrected chi connectivity index (χ0v) is 11.9. The van der Waals surface area contributed by atoms with Gasteiger partial charge in [0.2, 0.25) is 0 Å². The fourth-order valence-corrected chi connectivity index (χ4v) is 2.46. The number of H-pyrrole nitrogens is 1. The second-order valence-electron chi connectivity index (χ2n) is 4.95. The van der Waals surface area contributed by atoms with Crippen LogP contribution in [0.4, 0.5) is 5.69 Å². The van der Waals surface area contributed by atoms with Gasteiger partial charge < -0.3 is 4.98 Å². The second-order valence-corrected chi connectivity index (χ2v) is 4.95. The highest BCUT2D eigenvalue weighted by Crippen LogP contribution is 2.24. The molecular weight excluding hydrogens is 256 g/mol. The number of aromatic amines is 1. The number of hydrogen-bond donors (Lipinski definition) is 1. The minimum atomic E-state index is -0.397. The molecule has 108 valence electrons. The zero-order valence-electron chi connectivity index (χ0n) is 11.9. The van der Waals surface area contributed by atoms with Crippen LogP contribution in [0.5, 0.6) is 0 Å². The quantitative estimate of drug-likeness (QED) is 0.623. The van der Waals surface area contributed by atoms with E-state index in [0.29, 0.717) is 5.52 Å². The first-order chi connectivity index (χ1) is 9.65. The van der Waals surface area contributed by atoms with E-state index >= 15 is 0 Å². The van der Waals surface area contributed by atoms with Crippen molar-refractivity contribution in [2.75, 3.05) is 13.1 Å². The van der Waals surface area contributed by atoms with Crippen molar-refractivity contribution in [3.63, 3.8) is 0 Å². The maximum absolute atomic E-state index is 11.0. The van der Waals surface area contributed by atoms with E-state index in [1.807, 2.05) is 6.07 Å². The van der Waals surface area contributed by atoms with Crippen LogP contribution < -0.4 is 0 Å². The standard InChI is InChI=1S/C14H20N4O2/c1-3-5-17(6-4-2)10-12-7-11-8-15-9-13(18(19)20)14(11)16-12/h7-9,16H,3-6,10H2,1-2H3. The first-order valence-electron chi connectivity index (χ1n) is 6.98. The van der Waals surface area contributed by atoms with Crippen LogP contribution in [0.2, 0.25) is 0 Å². The Hall–Kier alpha value is -1.95. The summed E-state index contributed by atoms with van der Waals surface area (Å²) in [4.78, 5) is 20.0. The molecule has 2 heterocycles. The van der Waals surface area contributed by atoms with E-state index in [-0.39, 0.29) is 5.69 Å². The zero-order chi connectivity index (χ0) is 14.5. The highest BCUT2D eigenvalue weighted by Gasteiger charge is 2.15. The Morgan fingerprint density at radius 3 is 2.60 bits per heavy atom. The molecule has 0 aromatic carbocycles. The maximum Gasteiger partial charge on any atom is 0.311 e. The highest BCUT2D eigenvalue weighted by molar-refractivity contribution is 5.87. The van der Waals surface area contributed by atoms with Crippen LogP contribution >= 0.6 is 0 Å². The number of fused-ring (bicyclic) bond motifs is 1. The Balaban J connectivity index is 2.27. The Morgan fingerprint density at radius 2 is 2.00 bits per heavy atom. The molecular formula is C14H20N4O2. The van der Waals surface area contributed by atoms with Crippen LogP contribution in [0.15, 0.2) is 18.5 Å². The molecule has 6 nitrogen and oxygen atoms in total. The highest BCUT2D eigenvalue weighted by atomic mass is 16.6. The summed E-state index contributed by atoms with van der Waals surface area (Å²) in [6.45, 7) is 7.16. The lowest BCUT2D eigenvalue weighted by Crippen LogP contribution is -2.25. The summed E-state index contributed by atoms with van der Waals surface area (Å²) in [7, 11) is 0. The summed E-state index contributed by atoms with van der Waals surface area (Å²) in [5, 5.41) is 11.8. The molecule has 0 bridgehead atoms. The minimum absolute atomic E-state index is 0.0336. The molecule has 20 heavy (non-hydrogen) atoms. The molecule has 0 unspecified atom stereocenters. The summed E-state index contributed by atoms with van der Waals surface area (Å²) in [5.74, 6) is 0. The fraction of sp³-hybridized carbons (Fsp3) is 0.500. The summed E-state index contributed by atoms with van der Waals surface area (Å²) in [6, 6.07) is 1.95. The first-order valence-corrected chi connectivity index (χ1v) is 6.98. The van der Waals surface area contributed by atoms with Crippen molar-refractivity contribution in [3.05, 3.63) is 34.3 Å². The van der Waals surface area contributed by atoms with E-state index < -0.39 is 4.92 Å². The topological polar surface area (TPSA) is 75.1 Å². The Morgan fingerprint density at radius 1 is 1.30 bits per heavy atom. The van der Waals surface area contributed by atoms with E-state index in [2.05, 4.69) is 28.7 Å². The van der Waals surface area contributed by atoms with Gasteiger partial charge in [0.05, 0.1) is 4.92 Å². The molecule has 0 saturated carbocycles. The van der Waals surface area contributed by atoms with Gasteiger partial charge in [0.15, 0.2) is 0 Å². The lowest BCUT2D eigenvalue weighted by Gasteiger charge is -2.19. The molecule has 0 aliphatic carbocycles. The van der Waals surface area contributed by atoms with Crippen LogP contribution in [0, 0.1) is 10.1 Å². The summed E-state index contributed by atoms with van der Waals surface area (Å²) >= 11 is 0. The average Bonchev–Trinajstić information content (AvgIpc) is 2.81. The molecule has 0 amide bonds. The first kappa shape index (κ1) is 14.5. The van der Waals surface area contributed by atoms with Gasteiger partial charge in [-0.1, -0.05) is 13.8 Å². The Labute approximate surface area is 118 Å². The van der Waals surface area contributed by atoms with E-state index in [0.717, 1.165) is 43.6 Å². The van der Waals surface area contributed by atoms with Crippen LogP contribution in [0.25, 0.3) is 10.9 Å². The van der Waals surface area contributed by atoms with Gasteiger partial charge >= 0.3 is 5.69 Å². The molecule has 2 aromatic rings. The van der Waals surface area contributed by atoms with Crippen molar-refractivity contribution in [3.8, 4) is 0 Å². The van der Waals surface area contributed by atoms with E-state index in [4.69, 9.17) is 0 Å². The number of pyridine rings is 1. The smallest absolute Gasteiger partial charge is 0.311 e. The lowest BCUT2D eigenvalue weighted by molar-refractivity contribution is -0.383. The van der Waals surface area contributed by atoms with Crippen LogP contribution in [0.1, 0.15) is 32.4 Å². The summed E-state index contributed by atoms with van der Waals surface area (Å²) in [5.41, 5.74) is 1.59. The average molecular weight is 276 g/mol. The third kappa shape index (κ3) is 3.14. The molecule has 0 aliphatic rings. The normalized spacial score (nSPS) is 11.3. The largest absolute Gasteiger partial charge is 0.352 e. The fourth-order valence-electron chi connectivity index (χ4n) is 2.46. The van der Waals surface area contributed by atoms with Gasteiger partial charge in [-0.15, -0.1) is 0 Å². The molecule has 0 spiro atoms. The number of aromatic nitrogens is 2. The van der Waals surface area contributed by atoms with Crippen molar-refractivity contribution in [1.29, 1.82) is 0 Å². The Bertz CT molecular complexity index is 588. The summed E-state index contributed by atoms with van der Waals surface area (Å²) in [6.07, 6.45) is 5.15. The van der Waals surface area contributed by atoms with Crippen molar-refractivity contribution in [2.24, 2.45) is 0 Å². The van der Waals surface area contributed by atoms with Gasteiger partial charge in [-0.25, -0.2) is 0 Å². The number of hydrogen-bond acceptors (Lipinski definition) is 4. The predicted octanol–water partition coefficient (Wildman–Crippen LogP) is 3.09. The van der Waals surface area contributed by atoms with Crippen molar-refractivity contribution in [2.45, 2.75) is 33.2 Å². The van der Waals surface area contributed by atoms with Gasteiger partial charge in [0.25, 0.3) is 0 Å². The molecule has 0 atom stereocenters. The minimum Gasteiger partial charge on any atom is -0.352 e. The molecule has 6 heteroatoms. The molecule has 0 fully saturated rings. The third-order valence-corrected chi connectivity index (χ3v) is 3.24. The van der Waals surface area contributed by atoms with Gasteiger partial charge in [0, 0.05) is 23.8 Å². The number of rotatable bonds is 7. The predicted molar refractivity (Wildman–Crippen MR) is 78.6 cm³/mol. The van der Waals surface area contributed by atoms with Gasteiger partial charge in [-0.05, 0) is 32.0 Å². The number of nitro groups is 1. The number of nitrogens with zero attached hydrogens (tertiary/aromatic N) is 3. The van der Waals surface area contributed by atoms with E-state index in [9.17, 15) is 10.1 Å². The van der Waals surface area contributed by atoms with E-state index in [1.165, 1.54) is 6.20 Å². The number of nitrogens with one attached hydrogen (secondary N) is 1. The van der Waals surface area contributed by atoms with Gasteiger partial charge in [0.1, 0.15) is 11.7 Å². The summed E-state index contributed by atoms with van der Waals surface area (Å²) < 4.78 is 0. The third-order valence-electron chi connectivity index (χ3n) is 3.24. The molecule has 0 radical (unpaired) electrons.